The number of ketones is 1. The van der Waals surface area contributed by atoms with Gasteiger partial charge in [0.15, 0.2) is 17.4 Å². The fraction of sp³-hybridized carbons (Fsp3) is 0.0625. The minimum atomic E-state index is -0.970. The molecule has 2 rings (SSSR count). The predicted octanol–water partition coefficient (Wildman–Crippen LogP) is 3.87. The summed E-state index contributed by atoms with van der Waals surface area (Å²) >= 11 is 0. The van der Waals surface area contributed by atoms with Crippen LogP contribution in [0.3, 0.4) is 0 Å². The quantitative estimate of drug-likeness (QED) is 0.625. The number of benzene rings is 2. The molecule has 0 bridgehead atoms. The van der Waals surface area contributed by atoms with E-state index in [0.29, 0.717) is 11.3 Å². The maximum absolute atomic E-state index is 13.4. The molecule has 0 saturated heterocycles. The van der Waals surface area contributed by atoms with Gasteiger partial charge in [-0.25, -0.2) is 8.78 Å². The normalized spacial score (nSPS) is 10.8. The number of hydrogen-bond donors (Lipinski definition) is 0. The summed E-state index contributed by atoms with van der Waals surface area (Å²) in [5, 5.41) is 0. The van der Waals surface area contributed by atoms with E-state index in [9.17, 15) is 13.6 Å². The van der Waals surface area contributed by atoms with Gasteiger partial charge in [-0.15, -0.1) is 0 Å². The molecule has 2 aromatic carbocycles. The van der Waals surface area contributed by atoms with Gasteiger partial charge in [-0.2, -0.15) is 0 Å². The topological polar surface area (TPSA) is 26.3 Å². The first kappa shape index (κ1) is 13.9. The van der Waals surface area contributed by atoms with E-state index in [1.165, 1.54) is 31.4 Å². The molecule has 0 fully saturated rings. The van der Waals surface area contributed by atoms with Gasteiger partial charge in [-0.1, -0.05) is 24.3 Å². The van der Waals surface area contributed by atoms with E-state index < -0.39 is 11.6 Å². The maximum atomic E-state index is 13.4. The van der Waals surface area contributed by atoms with Crippen molar-refractivity contribution >= 4 is 11.9 Å². The van der Waals surface area contributed by atoms with Crippen molar-refractivity contribution in [1.29, 1.82) is 0 Å². The van der Waals surface area contributed by atoms with Crippen molar-refractivity contribution in [1.82, 2.24) is 0 Å². The zero-order valence-corrected chi connectivity index (χ0v) is 10.8. The first-order valence-electron chi connectivity index (χ1n) is 5.92. The molecule has 20 heavy (non-hydrogen) atoms. The smallest absolute Gasteiger partial charge is 0.185 e. The highest BCUT2D eigenvalue weighted by Gasteiger charge is 2.06. The monoisotopic (exact) mass is 274 g/mol. The molecule has 102 valence electrons. The summed E-state index contributed by atoms with van der Waals surface area (Å²) in [4.78, 5) is 11.9. The van der Waals surface area contributed by atoms with Gasteiger partial charge < -0.3 is 4.74 Å². The second-order valence-electron chi connectivity index (χ2n) is 4.07. The van der Waals surface area contributed by atoms with Gasteiger partial charge >= 0.3 is 0 Å². The molecule has 0 aromatic heterocycles. The summed E-state index contributed by atoms with van der Waals surface area (Å²) in [6.07, 6.45) is 2.45. The van der Waals surface area contributed by atoms with E-state index in [0.717, 1.165) is 6.07 Å². The number of rotatable bonds is 4. The van der Waals surface area contributed by atoms with Crippen molar-refractivity contribution in [2.45, 2.75) is 0 Å². The van der Waals surface area contributed by atoms with E-state index in [2.05, 4.69) is 0 Å². The highest BCUT2D eigenvalue weighted by Crippen LogP contribution is 2.16. The van der Waals surface area contributed by atoms with Crippen LogP contribution in [-0.4, -0.2) is 12.9 Å². The van der Waals surface area contributed by atoms with Crippen molar-refractivity contribution in [2.75, 3.05) is 7.11 Å². The van der Waals surface area contributed by atoms with Crippen LogP contribution in [0.2, 0.25) is 0 Å². The average molecular weight is 274 g/mol. The zero-order valence-electron chi connectivity index (χ0n) is 10.8. The first-order valence-corrected chi connectivity index (χ1v) is 5.92. The third kappa shape index (κ3) is 3.09. The Bertz CT molecular complexity index is 663. The molecule has 0 N–H and O–H groups in total. The SMILES string of the molecule is COc1cccc(C(=O)C=Cc2cccc(F)c2F)c1. The molecule has 0 radical (unpaired) electrons. The standard InChI is InChI=1S/C16H12F2O2/c1-20-13-6-2-5-12(10-13)15(19)9-8-11-4-3-7-14(17)16(11)18/h2-10H,1H3. The molecule has 0 atom stereocenters. The van der Waals surface area contributed by atoms with Crippen LogP contribution < -0.4 is 4.74 Å². The summed E-state index contributed by atoms with van der Waals surface area (Å²) in [7, 11) is 1.50. The number of carbonyl (C=O) groups excluding carboxylic acids is 1. The fourth-order valence-electron chi connectivity index (χ4n) is 1.69. The molecular weight excluding hydrogens is 262 g/mol. The van der Waals surface area contributed by atoms with Gasteiger partial charge in [0.2, 0.25) is 0 Å². The van der Waals surface area contributed by atoms with E-state index in [4.69, 9.17) is 4.74 Å². The predicted molar refractivity (Wildman–Crippen MR) is 72.7 cm³/mol. The molecule has 0 aliphatic heterocycles. The largest absolute Gasteiger partial charge is 0.497 e. The summed E-state index contributed by atoms with van der Waals surface area (Å²) in [6, 6.07) is 10.4. The molecule has 0 aliphatic rings. The van der Waals surface area contributed by atoms with Gasteiger partial charge in [-0.05, 0) is 30.4 Å². The van der Waals surface area contributed by atoms with Crippen molar-refractivity contribution in [3.63, 3.8) is 0 Å². The number of halogens is 2. The van der Waals surface area contributed by atoms with Crippen LogP contribution in [0.5, 0.6) is 5.75 Å². The lowest BCUT2D eigenvalue weighted by molar-refractivity contribution is 0.104. The minimum Gasteiger partial charge on any atom is -0.497 e. The molecule has 0 heterocycles. The second-order valence-corrected chi connectivity index (χ2v) is 4.07. The van der Waals surface area contributed by atoms with Gasteiger partial charge in [0.1, 0.15) is 5.75 Å². The third-order valence-corrected chi connectivity index (χ3v) is 2.75. The van der Waals surface area contributed by atoms with Gasteiger partial charge in [-0.3, -0.25) is 4.79 Å². The lowest BCUT2D eigenvalue weighted by atomic mass is 10.1. The van der Waals surface area contributed by atoms with Crippen molar-refractivity contribution in [2.24, 2.45) is 0 Å². The highest BCUT2D eigenvalue weighted by molar-refractivity contribution is 6.07. The van der Waals surface area contributed by atoms with E-state index in [1.54, 1.807) is 24.3 Å². The molecule has 0 spiro atoms. The summed E-state index contributed by atoms with van der Waals surface area (Å²) < 4.78 is 31.4. The molecular formula is C16H12F2O2. The lowest BCUT2D eigenvalue weighted by Crippen LogP contribution is -1.95. The average Bonchev–Trinajstić information content (AvgIpc) is 2.48. The van der Waals surface area contributed by atoms with Crippen LogP contribution in [0.25, 0.3) is 6.08 Å². The highest BCUT2D eigenvalue weighted by atomic mass is 19.2. The van der Waals surface area contributed by atoms with Gasteiger partial charge in [0.25, 0.3) is 0 Å². The molecule has 0 saturated carbocycles. The number of allylic oxidation sites excluding steroid dienone is 1. The molecule has 4 heteroatoms. The van der Waals surface area contributed by atoms with Crippen LogP contribution >= 0.6 is 0 Å². The Hall–Kier alpha value is -2.49. The number of ether oxygens (including phenoxy) is 1. The van der Waals surface area contributed by atoms with Crippen molar-refractivity contribution in [3.8, 4) is 5.75 Å². The van der Waals surface area contributed by atoms with E-state index in [1.807, 2.05) is 0 Å². The van der Waals surface area contributed by atoms with E-state index in [-0.39, 0.29) is 11.3 Å². The van der Waals surface area contributed by atoms with Gasteiger partial charge in [0.05, 0.1) is 7.11 Å². The summed E-state index contributed by atoms with van der Waals surface area (Å²) in [5.74, 6) is -1.67. The Morgan fingerprint density at radius 3 is 2.65 bits per heavy atom. The number of hydrogen-bond acceptors (Lipinski definition) is 2. The Kier molecular flexibility index (Phi) is 4.25. The molecule has 0 unspecified atom stereocenters. The maximum Gasteiger partial charge on any atom is 0.185 e. The third-order valence-electron chi connectivity index (χ3n) is 2.75. The molecule has 0 aliphatic carbocycles. The van der Waals surface area contributed by atoms with Gasteiger partial charge in [0, 0.05) is 11.1 Å². The lowest BCUT2D eigenvalue weighted by Gasteiger charge is -2.01. The Morgan fingerprint density at radius 2 is 1.90 bits per heavy atom. The molecule has 2 aromatic rings. The number of carbonyl (C=O) groups is 1. The number of methoxy groups -OCH3 is 1. The molecule has 0 amide bonds. The summed E-state index contributed by atoms with van der Waals surface area (Å²) in [6.45, 7) is 0. The fourth-order valence-corrected chi connectivity index (χ4v) is 1.69. The second kappa shape index (κ2) is 6.10. The Morgan fingerprint density at radius 1 is 1.15 bits per heavy atom. The minimum absolute atomic E-state index is 0.0289. The van der Waals surface area contributed by atoms with E-state index >= 15 is 0 Å². The first-order chi connectivity index (χ1) is 9.61. The van der Waals surface area contributed by atoms with Crippen LogP contribution in [0.15, 0.2) is 48.5 Å². The van der Waals surface area contributed by atoms with Crippen LogP contribution in [0.4, 0.5) is 8.78 Å². The van der Waals surface area contributed by atoms with Crippen LogP contribution in [0.1, 0.15) is 15.9 Å². The van der Waals surface area contributed by atoms with Crippen LogP contribution in [0, 0.1) is 11.6 Å². The van der Waals surface area contributed by atoms with Crippen molar-refractivity contribution < 1.29 is 18.3 Å². The Balaban J connectivity index is 2.22. The van der Waals surface area contributed by atoms with Crippen LogP contribution in [-0.2, 0) is 0 Å². The van der Waals surface area contributed by atoms with Crippen molar-refractivity contribution in [3.05, 3.63) is 71.3 Å². The Labute approximate surface area is 115 Å². The molecule has 2 nitrogen and oxygen atoms in total. The zero-order chi connectivity index (χ0) is 14.5. The summed E-state index contributed by atoms with van der Waals surface area (Å²) in [5.41, 5.74) is 0.443.